The number of anilines is 1. The molecule has 7 nitrogen and oxygen atoms in total. The first kappa shape index (κ1) is 19.1. The van der Waals surface area contributed by atoms with E-state index in [2.05, 4.69) is 4.72 Å². The molecule has 1 N–H and O–H groups in total. The maximum Gasteiger partial charge on any atom is 0.241 e. The van der Waals surface area contributed by atoms with E-state index in [1.165, 1.54) is 61.6 Å². The van der Waals surface area contributed by atoms with Gasteiger partial charge in [-0.2, -0.15) is 0 Å². The van der Waals surface area contributed by atoms with Gasteiger partial charge in [-0.05, 0) is 36.4 Å². The molecule has 1 aliphatic rings. The molecule has 0 saturated carbocycles. The summed E-state index contributed by atoms with van der Waals surface area (Å²) in [4.78, 5) is 13.7. The fourth-order valence-electron chi connectivity index (χ4n) is 2.93. The number of benzene rings is 2. The predicted molar refractivity (Wildman–Crippen MR) is 97.0 cm³/mol. The van der Waals surface area contributed by atoms with Gasteiger partial charge in [0.25, 0.3) is 0 Å². The summed E-state index contributed by atoms with van der Waals surface area (Å²) in [7, 11) is -0.990. The molecule has 9 heteroatoms. The maximum atomic E-state index is 13.1. The zero-order valence-corrected chi connectivity index (χ0v) is 15.6. The Labute approximate surface area is 156 Å². The molecule has 0 aromatic heterocycles. The predicted octanol–water partition coefficient (Wildman–Crippen LogP) is 1.93. The summed E-state index contributed by atoms with van der Waals surface area (Å²) < 4.78 is 51.2. The third kappa shape index (κ3) is 4.04. The van der Waals surface area contributed by atoms with Crippen LogP contribution in [-0.4, -0.2) is 41.1 Å². The second-order valence-electron chi connectivity index (χ2n) is 6.02. The summed E-state index contributed by atoms with van der Waals surface area (Å²) in [5, 5.41) is 0. The number of ether oxygens (including phenoxy) is 2. The molecule has 1 heterocycles. The molecule has 0 aliphatic carbocycles. The largest absolute Gasteiger partial charge is 0.493 e. The number of hydrogen-bond acceptors (Lipinski definition) is 5. The van der Waals surface area contributed by atoms with Crippen LogP contribution in [0.25, 0.3) is 0 Å². The summed E-state index contributed by atoms with van der Waals surface area (Å²) in [6.07, 6.45) is 0.0178. The van der Waals surface area contributed by atoms with Gasteiger partial charge in [-0.3, -0.25) is 4.79 Å². The average Bonchev–Trinajstić information content (AvgIpc) is 3.01. The lowest BCUT2D eigenvalue weighted by Crippen LogP contribution is -2.37. The Morgan fingerprint density at radius 1 is 1.07 bits per heavy atom. The quantitative estimate of drug-likeness (QED) is 0.809. The number of methoxy groups -OCH3 is 2. The third-order valence-corrected chi connectivity index (χ3v) is 5.77. The van der Waals surface area contributed by atoms with Crippen LogP contribution in [0.3, 0.4) is 0 Å². The molecule has 0 radical (unpaired) electrons. The maximum absolute atomic E-state index is 13.1. The first-order valence-electron chi connectivity index (χ1n) is 8.14. The van der Waals surface area contributed by atoms with Crippen LogP contribution in [0.2, 0.25) is 0 Å². The van der Waals surface area contributed by atoms with Crippen molar-refractivity contribution in [3.05, 3.63) is 48.3 Å². The van der Waals surface area contributed by atoms with Crippen molar-refractivity contribution in [1.82, 2.24) is 4.72 Å². The first-order chi connectivity index (χ1) is 12.8. The third-order valence-electron chi connectivity index (χ3n) is 4.25. The average molecular weight is 394 g/mol. The molecule has 0 bridgehead atoms. The molecule has 0 unspecified atom stereocenters. The van der Waals surface area contributed by atoms with E-state index in [1.807, 2.05) is 0 Å². The summed E-state index contributed by atoms with van der Waals surface area (Å²) >= 11 is 0. The van der Waals surface area contributed by atoms with Crippen molar-refractivity contribution < 1.29 is 27.1 Å². The second-order valence-corrected chi connectivity index (χ2v) is 7.73. The molecule has 2 aromatic rings. The van der Waals surface area contributed by atoms with E-state index < -0.39 is 21.9 Å². The number of rotatable bonds is 6. The Bertz CT molecular complexity index is 947. The van der Waals surface area contributed by atoms with Gasteiger partial charge < -0.3 is 14.4 Å². The van der Waals surface area contributed by atoms with Crippen LogP contribution < -0.4 is 19.1 Å². The number of carbonyl (C=O) groups is 1. The number of sulfonamides is 1. The molecule has 1 atom stereocenters. The Kier molecular flexibility index (Phi) is 5.33. The van der Waals surface area contributed by atoms with Gasteiger partial charge in [0.05, 0.1) is 19.1 Å². The van der Waals surface area contributed by atoms with E-state index in [9.17, 15) is 17.6 Å². The van der Waals surface area contributed by atoms with E-state index >= 15 is 0 Å². The highest BCUT2D eigenvalue weighted by Crippen LogP contribution is 2.30. The summed E-state index contributed by atoms with van der Waals surface area (Å²) in [5.41, 5.74) is 0.522. The SMILES string of the molecule is COc1ccc(S(=O)(=O)N[C@@H]2CC(=O)N(c3ccc(F)cc3)C2)cc1OC. The lowest BCUT2D eigenvalue weighted by atomic mass is 10.3. The van der Waals surface area contributed by atoms with Crippen LogP contribution in [-0.2, 0) is 14.8 Å². The van der Waals surface area contributed by atoms with E-state index in [1.54, 1.807) is 0 Å². The lowest BCUT2D eigenvalue weighted by molar-refractivity contribution is -0.117. The molecular weight excluding hydrogens is 375 g/mol. The van der Waals surface area contributed by atoms with Crippen molar-refractivity contribution in [2.24, 2.45) is 0 Å². The van der Waals surface area contributed by atoms with E-state index in [-0.39, 0.29) is 29.5 Å². The van der Waals surface area contributed by atoms with Crippen molar-refractivity contribution in [3.63, 3.8) is 0 Å². The summed E-state index contributed by atoms with van der Waals surface area (Å²) in [6, 6.07) is 9.14. The smallest absolute Gasteiger partial charge is 0.241 e. The molecule has 1 fully saturated rings. The van der Waals surface area contributed by atoms with Crippen LogP contribution in [0.15, 0.2) is 47.4 Å². The van der Waals surface area contributed by atoms with Gasteiger partial charge in [0.2, 0.25) is 15.9 Å². The number of amides is 1. The summed E-state index contributed by atoms with van der Waals surface area (Å²) in [6.45, 7) is 0.164. The molecule has 1 amide bonds. The highest BCUT2D eigenvalue weighted by atomic mass is 32.2. The molecule has 1 aliphatic heterocycles. The molecule has 0 spiro atoms. The van der Waals surface area contributed by atoms with Crippen molar-refractivity contribution in [1.29, 1.82) is 0 Å². The zero-order chi connectivity index (χ0) is 19.6. The van der Waals surface area contributed by atoms with Crippen LogP contribution in [0, 0.1) is 5.82 Å². The monoisotopic (exact) mass is 394 g/mol. The van der Waals surface area contributed by atoms with Crippen molar-refractivity contribution in [3.8, 4) is 11.5 Å². The summed E-state index contributed by atoms with van der Waals surface area (Å²) in [5.74, 6) is 0.0588. The molecule has 144 valence electrons. The van der Waals surface area contributed by atoms with Crippen molar-refractivity contribution >= 4 is 21.6 Å². The van der Waals surface area contributed by atoms with Gasteiger partial charge in [-0.15, -0.1) is 0 Å². The molecule has 3 rings (SSSR count). The van der Waals surface area contributed by atoms with Crippen LogP contribution in [0.1, 0.15) is 6.42 Å². The fraction of sp³-hybridized carbons (Fsp3) is 0.278. The van der Waals surface area contributed by atoms with Gasteiger partial charge in [-0.25, -0.2) is 17.5 Å². The molecular formula is C18H19FN2O5S. The topological polar surface area (TPSA) is 84.9 Å². The first-order valence-corrected chi connectivity index (χ1v) is 9.62. The van der Waals surface area contributed by atoms with Gasteiger partial charge in [0, 0.05) is 30.8 Å². The minimum absolute atomic E-state index is 0.00725. The fourth-order valence-corrected chi connectivity index (χ4v) is 4.17. The number of hydrogen-bond donors (Lipinski definition) is 1. The Balaban J connectivity index is 1.77. The lowest BCUT2D eigenvalue weighted by Gasteiger charge is -2.17. The molecule has 1 saturated heterocycles. The Hall–Kier alpha value is -2.65. The molecule has 27 heavy (non-hydrogen) atoms. The number of nitrogens with zero attached hydrogens (tertiary/aromatic N) is 1. The van der Waals surface area contributed by atoms with Gasteiger partial charge >= 0.3 is 0 Å². The van der Waals surface area contributed by atoms with Gasteiger partial charge in [0.1, 0.15) is 5.82 Å². The van der Waals surface area contributed by atoms with Crippen molar-refractivity contribution in [2.45, 2.75) is 17.4 Å². The van der Waals surface area contributed by atoms with Gasteiger partial charge in [0.15, 0.2) is 11.5 Å². The Morgan fingerprint density at radius 3 is 2.37 bits per heavy atom. The zero-order valence-electron chi connectivity index (χ0n) is 14.8. The van der Waals surface area contributed by atoms with Crippen LogP contribution in [0.4, 0.5) is 10.1 Å². The molecule has 2 aromatic carbocycles. The van der Waals surface area contributed by atoms with Gasteiger partial charge in [-0.1, -0.05) is 0 Å². The highest BCUT2D eigenvalue weighted by Gasteiger charge is 2.33. The highest BCUT2D eigenvalue weighted by molar-refractivity contribution is 7.89. The second kappa shape index (κ2) is 7.53. The van der Waals surface area contributed by atoms with E-state index in [4.69, 9.17) is 9.47 Å². The van der Waals surface area contributed by atoms with Crippen LogP contribution in [0.5, 0.6) is 11.5 Å². The minimum atomic E-state index is -3.86. The van der Waals surface area contributed by atoms with E-state index in [0.717, 1.165) is 0 Å². The number of halogens is 1. The Morgan fingerprint density at radius 2 is 1.74 bits per heavy atom. The number of carbonyl (C=O) groups excluding carboxylic acids is 1. The standard InChI is InChI=1S/C18H19FN2O5S/c1-25-16-8-7-15(10-17(16)26-2)27(23,24)20-13-9-18(22)21(11-13)14-5-3-12(19)4-6-14/h3-8,10,13,20H,9,11H2,1-2H3/t13-/m1/s1. The normalized spacial score (nSPS) is 17.2. The van der Waals surface area contributed by atoms with Crippen molar-refractivity contribution in [2.75, 3.05) is 25.7 Å². The van der Waals surface area contributed by atoms with Crippen LogP contribution >= 0.6 is 0 Å². The minimum Gasteiger partial charge on any atom is -0.493 e. The van der Waals surface area contributed by atoms with E-state index in [0.29, 0.717) is 11.4 Å². The number of nitrogens with one attached hydrogen (secondary N) is 1.